The van der Waals surface area contributed by atoms with E-state index < -0.39 is 0 Å². The van der Waals surface area contributed by atoms with Gasteiger partial charge in [-0.25, -0.2) is 0 Å². The zero-order valence-electron chi connectivity index (χ0n) is 13.1. The van der Waals surface area contributed by atoms with Gasteiger partial charge in [-0.05, 0) is 5.56 Å². The predicted octanol–water partition coefficient (Wildman–Crippen LogP) is 4.60. The predicted molar refractivity (Wildman–Crippen MR) is 98.7 cm³/mol. The summed E-state index contributed by atoms with van der Waals surface area (Å²) in [7, 11) is 0. The van der Waals surface area contributed by atoms with Crippen molar-refractivity contribution in [3.8, 4) is 33.6 Å². The van der Waals surface area contributed by atoms with E-state index in [0.29, 0.717) is 0 Å². The minimum Gasteiger partial charge on any atom is -0.323 e. The van der Waals surface area contributed by atoms with Crippen LogP contribution in [-0.2, 0) is 0 Å². The molecule has 0 aliphatic heterocycles. The smallest absolute Gasteiger partial charge is 0.103 e. The third-order valence-corrected chi connectivity index (χ3v) is 4.07. The van der Waals surface area contributed by atoms with Crippen molar-refractivity contribution in [3.63, 3.8) is 0 Å². The van der Waals surface area contributed by atoms with Gasteiger partial charge in [-0.1, -0.05) is 91.0 Å². The molecule has 0 aliphatic carbocycles. The molecule has 116 valence electrons. The molecule has 1 heterocycles. The van der Waals surface area contributed by atoms with E-state index in [1.165, 1.54) is 4.79 Å². The molecular weight excluding hydrogens is 294 g/mol. The van der Waals surface area contributed by atoms with Crippen LogP contribution < -0.4 is 5.84 Å². The second kappa shape index (κ2) is 6.05. The van der Waals surface area contributed by atoms with Crippen molar-refractivity contribution in [3.05, 3.63) is 91.0 Å². The second-order valence-electron chi connectivity index (χ2n) is 5.61. The average Bonchev–Trinajstić information content (AvgIpc) is 3.01. The molecule has 0 fully saturated rings. The Morgan fingerprint density at radius 2 is 1.04 bits per heavy atom. The highest BCUT2D eigenvalue weighted by Crippen LogP contribution is 2.38. The molecule has 0 saturated carbocycles. The maximum atomic E-state index is 6.25. The lowest BCUT2D eigenvalue weighted by Gasteiger charge is -2.08. The lowest BCUT2D eigenvalue weighted by molar-refractivity contribution is 0.844. The number of aromatic nitrogens is 2. The number of hydrogen-bond donors (Lipinski definition) is 1. The van der Waals surface area contributed by atoms with Gasteiger partial charge >= 0.3 is 0 Å². The molecular formula is C21H17N3. The first-order valence-electron chi connectivity index (χ1n) is 7.89. The van der Waals surface area contributed by atoms with Gasteiger partial charge in [0.2, 0.25) is 0 Å². The van der Waals surface area contributed by atoms with Gasteiger partial charge in [0.25, 0.3) is 0 Å². The lowest BCUT2D eigenvalue weighted by Crippen LogP contribution is -2.11. The molecule has 24 heavy (non-hydrogen) atoms. The summed E-state index contributed by atoms with van der Waals surface area (Å²) >= 11 is 0. The van der Waals surface area contributed by atoms with E-state index in [1.807, 2.05) is 54.6 Å². The number of hydrogen-bond acceptors (Lipinski definition) is 2. The van der Waals surface area contributed by atoms with Gasteiger partial charge in [0, 0.05) is 16.7 Å². The Hall–Kier alpha value is -3.33. The van der Waals surface area contributed by atoms with E-state index in [0.717, 1.165) is 33.6 Å². The molecule has 0 atom stereocenters. The van der Waals surface area contributed by atoms with Gasteiger partial charge in [-0.15, -0.1) is 0 Å². The Labute approximate surface area is 141 Å². The minimum atomic E-state index is 0.892. The molecule has 0 saturated heterocycles. The van der Waals surface area contributed by atoms with Crippen LogP contribution >= 0.6 is 0 Å². The standard InChI is InChI=1S/C21H17N3/c22-24-21(18-14-8-3-9-15-18)19(16-10-4-1-5-11-16)20(23-24)17-12-6-2-7-13-17/h1-15H,22H2. The van der Waals surface area contributed by atoms with E-state index in [2.05, 4.69) is 41.5 Å². The Kier molecular flexibility index (Phi) is 3.60. The number of nitrogens with zero attached hydrogens (tertiary/aromatic N) is 2. The molecule has 4 rings (SSSR count). The molecule has 2 N–H and O–H groups in total. The molecule has 4 aromatic rings. The number of rotatable bonds is 3. The first-order chi connectivity index (χ1) is 11.8. The Bertz CT molecular complexity index is 943. The number of nitrogens with two attached hydrogens (primary N) is 1. The molecule has 3 nitrogen and oxygen atoms in total. The molecule has 0 aliphatic rings. The van der Waals surface area contributed by atoms with Crippen LogP contribution in [0.4, 0.5) is 0 Å². The van der Waals surface area contributed by atoms with E-state index in [4.69, 9.17) is 5.84 Å². The molecule has 3 aromatic carbocycles. The molecule has 3 heteroatoms. The fraction of sp³-hybridized carbons (Fsp3) is 0. The SMILES string of the molecule is Nn1nc(-c2ccccc2)c(-c2ccccc2)c1-c1ccccc1. The highest BCUT2D eigenvalue weighted by Gasteiger charge is 2.20. The van der Waals surface area contributed by atoms with Crippen LogP contribution in [0.15, 0.2) is 91.0 Å². The van der Waals surface area contributed by atoms with Crippen molar-refractivity contribution in [1.29, 1.82) is 0 Å². The van der Waals surface area contributed by atoms with Crippen LogP contribution in [0.25, 0.3) is 33.6 Å². The van der Waals surface area contributed by atoms with Crippen molar-refractivity contribution in [1.82, 2.24) is 9.89 Å². The van der Waals surface area contributed by atoms with Crippen LogP contribution in [0.1, 0.15) is 0 Å². The Morgan fingerprint density at radius 1 is 0.583 bits per heavy atom. The molecule has 0 spiro atoms. The summed E-state index contributed by atoms with van der Waals surface area (Å²) in [6.07, 6.45) is 0. The van der Waals surface area contributed by atoms with Gasteiger partial charge in [-0.2, -0.15) is 9.89 Å². The lowest BCUT2D eigenvalue weighted by atomic mass is 9.96. The zero-order valence-corrected chi connectivity index (χ0v) is 13.1. The summed E-state index contributed by atoms with van der Waals surface area (Å²) in [6.45, 7) is 0. The third-order valence-electron chi connectivity index (χ3n) is 4.07. The van der Waals surface area contributed by atoms with Crippen LogP contribution in [-0.4, -0.2) is 9.89 Å². The summed E-state index contributed by atoms with van der Waals surface area (Å²) in [5, 5.41) is 4.63. The highest BCUT2D eigenvalue weighted by atomic mass is 15.5. The first-order valence-corrected chi connectivity index (χ1v) is 7.89. The summed E-state index contributed by atoms with van der Waals surface area (Å²) in [4.78, 5) is 1.49. The van der Waals surface area contributed by atoms with E-state index in [-0.39, 0.29) is 0 Å². The van der Waals surface area contributed by atoms with Crippen LogP contribution in [0.5, 0.6) is 0 Å². The van der Waals surface area contributed by atoms with E-state index in [9.17, 15) is 0 Å². The minimum absolute atomic E-state index is 0.892. The second-order valence-corrected chi connectivity index (χ2v) is 5.61. The van der Waals surface area contributed by atoms with Crippen LogP contribution in [0.3, 0.4) is 0 Å². The summed E-state index contributed by atoms with van der Waals surface area (Å²) < 4.78 is 0. The molecule has 0 unspecified atom stereocenters. The number of nitrogen functional groups attached to an aromatic ring is 1. The van der Waals surface area contributed by atoms with Crippen molar-refractivity contribution in [2.45, 2.75) is 0 Å². The van der Waals surface area contributed by atoms with Crippen LogP contribution in [0, 0.1) is 0 Å². The summed E-state index contributed by atoms with van der Waals surface area (Å²) in [5.74, 6) is 6.25. The average molecular weight is 311 g/mol. The third kappa shape index (κ3) is 2.46. The largest absolute Gasteiger partial charge is 0.323 e. The van der Waals surface area contributed by atoms with Gasteiger partial charge in [-0.3, -0.25) is 0 Å². The van der Waals surface area contributed by atoms with Gasteiger partial charge < -0.3 is 5.84 Å². The highest BCUT2D eigenvalue weighted by molar-refractivity contribution is 5.91. The van der Waals surface area contributed by atoms with Crippen molar-refractivity contribution >= 4 is 0 Å². The maximum Gasteiger partial charge on any atom is 0.103 e. The van der Waals surface area contributed by atoms with Crippen molar-refractivity contribution in [2.24, 2.45) is 0 Å². The molecule has 0 amide bonds. The maximum absolute atomic E-state index is 6.25. The van der Waals surface area contributed by atoms with Gasteiger partial charge in [0.1, 0.15) is 11.4 Å². The summed E-state index contributed by atoms with van der Waals surface area (Å²) in [5.41, 5.74) is 6.07. The molecule has 1 aromatic heterocycles. The molecule has 0 bridgehead atoms. The normalized spacial score (nSPS) is 10.7. The molecule has 0 radical (unpaired) electrons. The van der Waals surface area contributed by atoms with E-state index >= 15 is 0 Å². The quantitative estimate of drug-likeness (QED) is 0.562. The Balaban J connectivity index is 2.03. The first kappa shape index (κ1) is 14.3. The Morgan fingerprint density at radius 3 is 1.58 bits per heavy atom. The topological polar surface area (TPSA) is 43.8 Å². The van der Waals surface area contributed by atoms with Crippen molar-refractivity contribution in [2.75, 3.05) is 5.84 Å². The number of benzene rings is 3. The van der Waals surface area contributed by atoms with Crippen molar-refractivity contribution < 1.29 is 0 Å². The fourth-order valence-corrected chi connectivity index (χ4v) is 2.98. The summed E-state index contributed by atoms with van der Waals surface area (Å²) in [6, 6.07) is 30.6. The van der Waals surface area contributed by atoms with Crippen LogP contribution in [0.2, 0.25) is 0 Å². The monoisotopic (exact) mass is 311 g/mol. The van der Waals surface area contributed by atoms with Gasteiger partial charge in [0.15, 0.2) is 0 Å². The van der Waals surface area contributed by atoms with Gasteiger partial charge in [0.05, 0.1) is 0 Å². The van der Waals surface area contributed by atoms with E-state index in [1.54, 1.807) is 0 Å². The fourth-order valence-electron chi connectivity index (χ4n) is 2.98. The zero-order chi connectivity index (χ0) is 16.4.